The number of aliphatic hydroxyl groups is 2. The quantitative estimate of drug-likeness (QED) is 0.626. The minimum Gasteiger partial charge on any atom is -0.394 e. The number of aryl methyl sites for hydroxylation is 1. The molecule has 1 aromatic carbocycles. The average Bonchev–Trinajstić information content (AvgIpc) is 3.21. The van der Waals surface area contributed by atoms with Crippen LogP contribution in [0.1, 0.15) is 23.7 Å². The van der Waals surface area contributed by atoms with Crippen LogP contribution in [0, 0.1) is 6.92 Å². The van der Waals surface area contributed by atoms with Crippen LogP contribution in [0.5, 0.6) is 0 Å². The Balaban J connectivity index is 0.00000225. The minimum atomic E-state index is -0.491. The lowest BCUT2D eigenvalue weighted by Crippen LogP contribution is -2.42. The van der Waals surface area contributed by atoms with Crippen LogP contribution >= 0.6 is 23.7 Å². The van der Waals surface area contributed by atoms with Crippen molar-refractivity contribution in [1.82, 2.24) is 15.6 Å². The molecule has 0 radical (unpaired) electrons. The van der Waals surface area contributed by atoms with Gasteiger partial charge in [0.1, 0.15) is 0 Å². The van der Waals surface area contributed by atoms with Crippen molar-refractivity contribution < 1.29 is 15.0 Å². The number of thiazole rings is 1. The van der Waals surface area contributed by atoms with E-state index in [9.17, 15) is 15.0 Å². The second kappa shape index (κ2) is 8.73. The van der Waals surface area contributed by atoms with E-state index in [-0.39, 0.29) is 24.9 Å². The highest BCUT2D eigenvalue weighted by molar-refractivity contribution is 7.13. The van der Waals surface area contributed by atoms with Crippen molar-refractivity contribution in [3.05, 3.63) is 41.0 Å². The Labute approximate surface area is 156 Å². The van der Waals surface area contributed by atoms with Crippen molar-refractivity contribution in [2.24, 2.45) is 0 Å². The molecule has 1 aliphatic heterocycles. The third-order valence-corrected chi connectivity index (χ3v) is 5.22. The van der Waals surface area contributed by atoms with E-state index in [0.717, 1.165) is 21.7 Å². The standard InChI is InChI=1S/C17H21N3O3S.ClH/c1-10-16(24-9-19-10)12-4-2-11(3-5-12)15(8-21)20-17(23)14-6-13(22)7-18-14;/h2-5,9,13-15,18,21-22H,6-8H2,1H3,(H,20,23);1H/t13-,14+,15+;/m1./s1. The fourth-order valence-electron chi connectivity index (χ4n) is 2.87. The number of nitrogens with one attached hydrogen (secondary N) is 2. The van der Waals surface area contributed by atoms with Gasteiger partial charge >= 0.3 is 0 Å². The van der Waals surface area contributed by atoms with Crippen molar-refractivity contribution in [2.45, 2.75) is 31.5 Å². The van der Waals surface area contributed by atoms with Crippen LogP contribution in [-0.4, -0.2) is 46.4 Å². The summed E-state index contributed by atoms with van der Waals surface area (Å²) in [5, 5.41) is 24.9. The first kappa shape index (κ1) is 19.8. The molecule has 1 saturated heterocycles. The number of amides is 1. The van der Waals surface area contributed by atoms with Gasteiger partial charge in [0.15, 0.2) is 0 Å². The molecule has 0 aliphatic carbocycles. The van der Waals surface area contributed by atoms with Crippen molar-refractivity contribution >= 4 is 29.7 Å². The predicted octanol–water partition coefficient (Wildman–Crippen LogP) is 1.41. The van der Waals surface area contributed by atoms with Gasteiger partial charge in [-0.3, -0.25) is 4.79 Å². The topological polar surface area (TPSA) is 94.5 Å². The zero-order valence-corrected chi connectivity index (χ0v) is 15.4. The van der Waals surface area contributed by atoms with E-state index >= 15 is 0 Å². The second-order valence-corrected chi connectivity index (χ2v) is 6.84. The summed E-state index contributed by atoms with van der Waals surface area (Å²) in [4.78, 5) is 17.6. The van der Waals surface area contributed by atoms with Crippen LogP contribution in [0.15, 0.2) is 29.8 Å². The number of β-amino-alcohol motifs (C(OH)–C–C–N with tert-alkyl or cyclic N) is 1. The summed E-state index contributed by atoms with van der Waals surface area (Å²) in [6.07, 6.45) is -0.0941. The van der Waals surface area contributed by atoms with E-state index in [1.165, 1.54) is 0 Å². The van der Waals surface area contributed by atoms with E-state index in [0.29, 0.717) is 13.0 Å². The SMILES string of the molecule is Cc1ncsc1-c1ccc([C@H](CO)NC(=O)[C@@H]2C[C@@H](O)CN2)cc1.Cl. The van der Waals surface area contributed by atoms with Crippen molar-refractivity contribution in [2.75, 3.05) is 13.2 Å². The third-order valence-electron chi connectivity index (χ3n) is 4.24. The molecule has 1 aromatic heterocycles. The van der Waals surface area contributed by atoms with Gasteiger partial charge in [0.2, 0.25) is 5.91 Å². The predicted molar refractivity (Wildman–Crippen MR) is 99.9 cm³/mol. The van der Waals surface area contributed by atoms with E-state index < -0.39 is 18.2 Å². The monoisotopic (exact) mass is 383 g/mol. The van der Waals surface area contributed by atoms with Crippen LogP contribution in [0.3, 0.4) is 0 Å². The van der Waals surface area contributed by atoms with Gasteiger partial charge in [-0.1, -0.05) is 24.3 Å². The summed E-state index contributed by atoms with van der Waals surface area (Å²) in [5.74, 6) is -0.201. The zero-order valence-electron chi connectivity index (χ0n) is 13.8. The Morgan fingerprint density at radius 1 is 1.44 bits per heavy atom. The lowest BCUT2D eigenvalue weighted by atomic mass is 10.0. The minimum absolute atomic E-state index is 0. The molecule has 0 bridgehead atoms. The summed E-state index contributed by atoms with van der Waals surface area (Å²) < 4.78 is 0. The lowest BCUT2D eigenvalue weighted by molar-refractivity contribution is -0.124. The van der Waals surface area contributed by atoms with Gasteiger partial charge in [0.25, 0.3) is 0 Å². The molecule has 3 rings (SSSR count). The molecular formula is C17H22ClN3O3S. The molecule has 2 heterocycles. The van der Waals surface area contributed by atoms with E-state index in [1.807, 2.05) is 36.7 Å². The summed E-state index contributed by atoms with van der Waals surface area (Å²) in [7, 11) is 0. The molecule has 3 atom stereocenters. The molecule has 2 aromatic rings. The molecule has 1 aliphatic rings. The maximum atomic E-state index is 12.2. The molecule has 0 unspecified atom stereocenters. The summed E-state index contributed by atoms with van der Waals surface area (Å²) >= 11 is 1.59. The van der Waals surface area contributed by atoms with Crippen LogP contribution in [0.4, 0.5) is 0 Å². The molecule has 25 heavy (non-hydrogen) atoms. The Bertz CT molecular complexity index is 707. The molecular weight excluding hydrogens is 362 g/mol. The van der Waals surface area contributed by atoms with E-state index in [4.69, 9.17) is 0 Å². The van der Waals surface area contributed by atoms with E-state index in [1.54, 1.807) is 11.3 Å². The highest BCUT2D eigenvalue weighted by atomic mass is 35.5. The van der Waals surface area contributed by atoms with Crippen molar-refractivity contribution in [3.8, 4) is 10.4 Å². The molecule has 0 spiro atoms. The molecule has 136 valence electrons. The van der Waals surface area contributed by atoms with Gasteiger partial charge in [0.05, 0.1) is 40.9 Å². The second-order valence-electron chi connectivity index (χ2n) is 5.98. The molecule has 0 saturated carbocycles. The number of halogens is 1. The number of aliphatic hydroxyl groups excluding tert-OH is 2. The summed E-state index contributed by atoms with van der Waals surface area (Å²) in [6.45, 7) is 2.21. The molecule has 8 heteroatoms. The Morgan fingerprint density at radius 3 is 2.68 bits per heavy atom. The number of benzene rings is 1. The first-order valence-electron chi connectivity index (χ1n) is 7.91. The lowest BCUT2D eigenvalue weighted by Gasteiger charge is -2.19. The number of carbonyl (C=O) groups is 1. The van der Waals surface area contributed by atoms with Gasteiger partial charge in [-0.2, -0.15) is 0 Å². The van der Waals surface area contributed by atoms with Crippen molar-refractivity contribution in [1.29, 1.82) is 0 Å². The van der Waals surface area contributed by atoms with Crippen LogP contribution in [0.25, 0.3) is 10.4 Å². The maximum Gasteiger partial charge on any atom is 0.237 e. The first-order valence-corrected chi connectivity index (χ1v) is 8.79. The fraction of sp³-hybridized carbons (Fsp3) is 0.412. The van der Waals surface area contributed by atoms with Gasteiger partial charge in [-0.15, -0.1) is 23.7 Å². The van der Waals surface area contributed by atoms with Gasteiger partial charge in [-0.05, 0) is 24.5 Å². The fourth-order valence-corrected chi connectivity index (χ4v) is 3.68. The highest BCUT2D eigenvalue weighted by Gasteiger charge is 2.29. The Morgan fingerprint density at radius 2 is 2.16 bits per heavy atom. The first-order chi connectivity index (χ1) is 11.6. The highest BCUT2D eigenvalue weighted by Crippen LogP contribution is 2.28. The molecule has 6 nitrogen and oxygen atoms in total. The average molecular weight is 384 g/mol. The third kappa shape index (κ3) is 4.56. The number of aromatic nitrogens is 1. The van der Waals surface area contributed by atoms with Gasteiger partial charge in [0, 0.05) is 6.54 Å². The number of carbonyl (C=O) groups excluding carboxylic acids is 1. The van der Waals surface area contributed by atoms with Crippen molar-refractivity contribution in [3.63, 3.8) is 0 Å². The van der Waals surface area contributed by atoms with E-state index in [2.05, 4.69) is 15.6 Å². The van der Waals surface area contributed by atoms with Gasteiger partial charge in [-0.25, -0.2) is 4.98 Å². The normalized spacial score (nSPS) is 20.8. The molecule has 1 fully saturated rings. The Hall–Kier alpha value is -1.51. The number of nitrogens with zero attached hydrogens (tertiary/aromatic N) is 1. The zero-order chi connectivity index (χ0) is 17.1. The maximum absolute atomic E-state index is 12.2. The molecule has 4 N–H and O–H groups in total. The number of rotatable bonds is 5. The summed E-state index contributed by atoms with van der Waals surface area (Å²) in [6, 6.07) is 6.89. The summed E-state index contributed by atoms with van der Waals surface area (Å²) in [5.41, 5.74) is 4.72. The van der Waals surface area contributed by atoms with Crippen LogP contribution in [-0.2, 0) is 4.79 Å². The Kier molecular flexibility index (Phi) is 6.92. The van der Waals surface area contributed by atoms with Gasteiger partial charge < -0.3 is 20.8 Å². The molecule has 1 amide bonds. The number of hydrogen-bond donors (Lipinski definition) is 4. The van der Waals surface area contributed by atoms with Crippen LogP contribution in [0.2, 0.25) is 0 Å². The number of hydrogen-bond acceptors (Lipinski definition) is 6. The van der Waals surface area contributed by atoms with Crippen LogP contribution < -0.4 is 10.6 Å². The largest absolute Gasteiger partial charge is 0.394 e. The smallest absolute Gasteiger partial charge is 0.237 e.